The van der Waals surface area contributed by atoms with Gasteiger partial charge in [0.1, 0.15) is 54.6 Å². The van der Waals surface area contributed by atoms with Gasteiger partial charge in [0.15, 0.2) is 29.5 Å². The van der Waals surface area contributed by atoms with Gasteiger partial charge in [-0.1, -0.05) is 11.0 Å². The van der Waals surface area contributed by atoms with Crippen LogP contribution in [0.3, 0.4) is 0 Å². The van der Waals surface area contributed by atoms with Crippen LogP contribution in [0.15, 0.2) is 17.8 Å². The molecule has 0 aromatic carbocycles. The van der Waals surface area contributed by atoms with E-state index in [0.29, 0.717) is 0 Å². The molecule has 2 aromatic rings. The highest BCUT2D eigenvalue weighted by Gasteiger charge is 2.57. The van der Waals surface area contributed by atoms with Crippen molar-refractivity contribution in [1.82, 2.24) is 19.5 Å². The van der Waals surface area contributed by atoms with Crippen LogP contribution < -0.4 is 5.73 Å². The smallest absolute Gasteiger partial charge is 0.394 e. The Morgan fingerprint density at radius 3 is 2.59 bits per heavy atom. The Morgan fingerprint density at radius 2 is 1.95 bits per heavy atom. The number of azide groups is 1. The maximum atomic E-state index is 12.6. The highest BCUT2D eigenvalue weighted by molar-refractivity contribution is 8.08. The Morgan fingerprint density at radius 1 is 1.25 bits per heavy atom. The van der Waals surface area contributed by atoms with E-state index in [1.54, 1.807) is 0 Å². The molecule has 4 heterocycles. The molecule has 4 rings (SSSR count). The van der Waals surface area contributed by atoms with Crippen LogP contribution in [0, 0.1) is 12.3 Å². The van der Waals surface area contributed by atoms with Gasteiger partial charge in [0.2, 0.25) is 0 Å². The van der Waals surface area contributed by atoms with Crippen molar-refractivity contribution in [3.05, 3.63) is 23.1 Å². The first-order valence-corrected chi connectivity index (χ1v) is 16.2. The van der Waals surface area contributed by atoms with Crippen molar-refractivity contribution < 1.29 is 67.8 Å². The van der Waals surface area contributed by atoms with Crippen LogP contribution in [0.1, 0.15) is 6.23 Å². The minimum absolute atomic E-state index is 0.00651. The van der Waals surface area contributed by atoms with Crippen molar-refractivity contribution in [3.8, 4) is 12.3 Å². The SMILES string of the molecule is C#C[C@@]1(N=[N+]=[N-])[C@H](O)[C@@H](COP(O)(=S)OP(=O)(O)OC2OC([C@@H](O)CO)C(O)C(O)C2O)O[C@H]1n1cnc2c(N)ncnc21. The zero-order chi connectivity index (χ0) is 32.6. The number of aliphatic hydroxyl groups is 6. The predicted molar refractivity (Wildman–Crippen MR) is 145 cm³/mol. The first kappa shape index (κ1) is 34.5. The molecular formula is C19H26N8O14P2S. The number of aliphatic hydroxyl groups excluding tert-OH is 6. The largest absolute Gasteiger partial charge is 0.481 e. The van der Waals surface area contributed by atoms with Crippen LogP contribution in [0.4, 0.5) is 5.82 Å². The number of hydrogen-bond donors (Lipinski definition) is 9. The quantitative estimate of drug-likeness (QED) is 0.0371. The van der Waals surface area contributed by atoms with Crippen LogP contribution >= 0.6 is 14.5 Å². The topological polar surface area (TPSA) is 343 Å². The van der Waals surface area contributed by atoms with Gasteiger partial charge in [-0.2, -0.15) is 0 Å². The van der Waals surface area contributed by atoms with E-state index in [1.807, 2.05) is 0 Å². The van der Waals surface area contributed by atoms with E-state index in [1.165, 1.54) is 10.9 Å². The number of anilines is 1. The van der Waals surface area contributed by atoms with Gasteiger partial charge in [-0.3, -0.25) is 9.09 Å². The van der Waals surface area contributed by atoms with E-state index in [2.05, 4.69) is 39.7 Å². The fourth-order valence-electron chi connectivity index (χ4n) is 4.45. The molecule has 2 aliphatic rings. The number of phosphoric ester groups is 1. The van der Waals surface area contributed by atoms with Crippen molar-refractivity contribution in [2.45, 2.75) is 60.8 Å². The van der Waals surface area contributed by atoms with Crippen molar-refractivity contribution in [1.29, 1.82) is 0 Å². The third-order valence-corrected chi connectivity index (χ3v) is 10.1. The van der Waals surface area contributed by atoms with Gasteiger partial charge in [0, 0.05) is 4.91 Å². The zero-order valence-electron chi connectivity index (χ0n) is 21.9. The summed E-state index contributed by atoms with van der Waals surface area (Å²) in [7, 11) is -5.53. The number of phosphoric acid groups is 1. The summed E-state index contributed by atoms with van der Waals surface area (Å²) in [4.78, 5) is 35.3. The molecule has 22 nitrogen and oxygen atoms in total. The van der Waals surface area contributed by atoms with Crippen molar-refractivity contribution in [3.63, 3.8) is 0 Å². The van der Waals surface area contributed by atoms with Gasteiger partial charge < -0.3 is 60.2 Å². The lowest BCUT2D eigenvalue weighted by atomic mass is 9.92. The highest BCUT2D eigenvalue weighted by atomic mass is 32.5. The van der Waals surface area contributed by atoms with E-state index < -0.39 is 88.5 Å². The van der Waals surface area contributed by atoms with Crippen LogP contribution in [0.5, 0.6) is 0 Å². The monoisotopic (exact) mass is 684 g/mol. The summed E-state index contributed by atoms with van der Waals surface area (Å²) in [5, 5.41) is 63.5. The molecule has 25 heteroatoms. The molecule has 242 valence electrons. The lowest BCUT2D eigenvalue weighted by Crippen LogP contribution is -2.61. The summed E-state index contributed by atoms with van der Waals surface area (Å²) in [6.07, 6.45) is -8.96. The van der Waals surface area contributed by atoms with E-state index in [4.69, 9.17) is 43.1 Å². The molecule has 2 fully saturated rings. The molecule has 7 unspecified atom stereocenters. The number of nitrogen functional groups attached to an aromatic ring is 1. The van der Waals surface area contributed by atoms with Crippen LogP contribution in [0.2, 0.25) is 0 Å². The van der Waals surface area contributed by atoms with Gasteiger partial charge in [0.25, 0.3) is 0 Å². The lowest BCUT2D eigenvalue weighted by Gasteiger charge is -2.41. The molecule has 2 aliphatic heterocycles. The Hall–Kier alpha value is -2.42. The molecule has 0 saturated carbocycles. The standard InChI is InChI=1S/C19H26N8O14P2S/c1-2-19(25-26-21)14(33)8(38-18(19)27-6-24-9-15(20)22-5-23-16(9)27)4-37-43(36,44)41-42(34,35)40-17-12(32)10(30)11(31)13(39-17)7(29)3-28/h1,5-8,10-14,17-18,28-33H,3-4H2,(H,34,35)(H,36,44)(H2,20,22,23)/t7-,8+,10?,11?,12?,13?,14+,17?,18+,19+,43?/m0/s1. The summed E-state index contributed by atoms with van der Waals surface area (Å²) in [6.45, 7) is -6.63. The Kier molecular flexibility index (Phi) is 10.3. The summed E-state index contributed by atoms with van der Waals surface area (Å²) in [6, 6.07) is 0. The molecular weight excluding hydrogens is 658 g/mol. The third kappa shape index (κ3) is 6.59. The number of ether oxygens (including phenoxy) is 2. The molecule has 0 bridgehead atoms. The van der Waals surface area contributed by atoms with Gasteiger partial charge in [-0.25, -0.2) is 23.8 Å². The minimum atomic E-state index is -5.53. The number of nitrogens with zero attached hydrogens (tertiary/aromatic N) is 7. The summed E-state index contributed by atoms with van der Waals surface area (Å²) in [5.41, 5.74) is 13.1. The Balaban J connectivity index is 1.49. The first-order chi connectivity index (χ1) is 20.6. The van der Waals surface area contributed by atoms with Gasteiger partial charge in [-0.05, 0) is 17.3 Å². The van der Waals surface area contributed by atoms with E-state index >= 15 is 0 Å². The second-order valence-electron chi connectivity index (χ2n) is 9.32. The molecule has 2 aromatic heterocycles. The van der Waals surface area contributed by atoms with Crippen LogP contribution in [-0.2, 0) is 39.2 Å². The van der Waals surface area contributed by atoms with Gasteiger partial charge >= 0.3 is 14.5 Å². The maximum Gasteiger partial charge on any atom is 0.481 e. The number of fused-ring (bicyclic) bond motifs is 1. The predicted octanol–water partition coefficient (Wildman–Crippen LogP) is -3.12. The summed E-state index contributed by atoms with van der Waals surface area (Å²) >= 11 is 4.75. The first-order valence-electron chi connectivity index (χ1n) is 12.1. The number of imidazole rings is 1. The number of aromatic nitrogens is 4. The molecule has 0 aliphatic carbocycles. The molecule has 0 spiro atoms. The zero-order valence-corrected chi connectivity index (χ0v) is 24.5. The fourth-order valence-corrected chi connectivity index (χ4v) is 7.54. The minimum Gasteiger partial charge on any atom is -0.394 e. The van der Waals surface area contributed by atoms with E-state index in [-0.39, 0.29) is 17.0 Å². The molecule has 0 amide bonds. The molecule has 12 atom stereocenters. The Bertz CT molecular complexity index is 1560. The average Bonchev–Trinajstić information content (AvgIpc) is 3.51. The number of terminal acetylenes is 1. The summed E-state index contributed by atoms with van der Waals surface area (Å²) in [5.74, 6) is 2.18. The normalized spacial score (nSPS) is 35.7. The lowest BCUT2D eigenvalue weighted by molar-refractivity contribution is -0.292. The molecule has 2 saturated heterocycles. The van der Waals surface area contributed by atoms with E-state index in [9.17, 15) is 45.4 Å². The number of rotatable bonds is 11. The number of hydrogen-bond acceptors (Lipinski definition) is 18. The van der Waals surface area contributed by atoms with Gasteiger partial charge in [0.05, 0.1) is 19.5 Å². The van der Waals surface area contributed by atoms with Crippen LogP contribution in [-0.4, -0.2) is 128 Å². The van der Waals surface area contributed by atoms with Gasteiger partial charge in [-0.15, -0.1) is 6.42 Å². The van der Waals surface area contributed by atoms with E-state index in [0.717, 1.165) is 6.33 Å². The average molecular weight is 684 g/mol. The molecule has 0 radical (unpaired) electrons. The maximum absolute atomic E-state index is 12.6. The fraction of sp³-hybridized carbons (Fsp3) is 0.632. The van der Waals surface area contributed by atoms with Crippen LogP contribution in [0.25, 0.3) is 21.6 Å². The molecule has 10 N–H and O–H groups in total. The third-order valence-electron chi connectivity index (χ3n) is 6.58. The second kappa shape index (κ2) is 13.1. The number of nitrogens with two attached hydrogens (primary N) is 1. The summed E-state index contributed by atoms with van der Waals surface area (Å²) < 4.78 is 38.9. The Labute approximate surface area is 251 Å². The van der Waals surface area contributed by atoms with Crippen molar-refractivity contribution in [2.24, 2.45) is 5.11 Å². The molecule has 44 heavy (non-hydrogen) atoms. The van der Waals surface area contributed by atoms with Crippen molar-refractivity contribution in [2.75, 3.05) is 18.9 Å². The second-order valence-corrected chi connectivity index (χ2v) is 13.7. The van der Waals surface area contributed by atoms with Crippen molar-refractivity contribution >= 4 is 43.3 Å². The highest BCUT2D eigenvalue weighted by Crippen LogP contribution is 2.62.